The van der Waals surface area contributed by atoms with Gasteiger partial charge in [-0.25, -0.2) is 0 Å². The molecule has 1 aromatic carbocycles. The van der Waals surface area contributed by atoms with E-state index in [4.69, 9.17) is 25.8 Å². The summed E-state index contributed by atoms with van der Waals surface area (Å²) in [6, 6.07) is 7.87. The molecule has 2 aromatic rings. The topological polar surface area (TPSA) is 39.7 Å². The lowest BCUT2D eigenvalue weighted by Gasteiger charge is -2.09. The molecule has 0 atom stereocenters. The summed E-state index contributed by atoms with van der Waals surface area (Å²) in [5, 5.41) is 3.37. The SMILES string of the molecule is COc1cc(CNCc2ccc(Cl)s2)cc2c1OCO2. The highest BCUT2D eigenvalue weighted by Crippen LogP contribution is 2.41. The number of benzene rings is 1. The molecule has 0 aliphatic carbocycles. The average Bonchev–Trinajstić information content (AvgIpc) is 3.06. The fraction of sp³-hybridized carbons (Fsp3) is 0.286. The smallest absolute Gasteiger partial charge is 0.231 e. The van der Waals surface area contributed by atoms with Crippen LogP contribution in [-0.2, 0) is 13.1 Å². The minimum Gasteiger partial charge on any atom is -0.493 e. The quantitative estimate of drug-likeness (QED) is 0.918. The van der Waals surface area contributed by atoms with Gasteiger partial charge >= 0.3 is 0 Å². The van der Waals surface area contributed by atoms with E-state index in [1.807, 2.05) is 24.3 Å². The Kier molecular flexibility index (Phi) is 4.00. The van der Waals surface area contributed by atoms with Gasteiger partial charge in [-0.05, 0) is 29.8 Å². The Bertz CT molecular complexity index is 614. The molecule has 1 aliphatic heterocycles. The molecule has 2 heterocycles. The largest absolute Gasteiger partial charge is 0.493 e. The molecule has 0 unspecified atom stereocenters. The Morgan fingerprint density at radius 1 is 1.30 bits per heavy atom. The van der Waals surface area contributed by atoms with Gasteiger partial charge in [-0.1, -0.05) is 11.6 Å². The summed E-state index contributed by atoms with van der Waals surface area (Å²) in [5.41, 5.74) is 1.09. The van der Waals surface area contributed by atoms with Crippen molar-refractivity contribution in [1.29, 1.82) is 0 Å². The van der Waals surface area contributed by atoms with Gasteiger partial charge in [-0.2, -0.15) is 0 Å². The number of fused-ring (bicyclic) bond motifs is 1. The number of halogens is 1. The van der Waals surface area contributed by atoms with E-state index in [9.17, 15) is 0 Å². The molecule has 20 heavy (non-hydrogen) atoms. The summed E-state index contributed by atoms with van der Waals surface area (Å²) in [4.78, 5) is 1.21. The van der Waals surface area contributed by atoms with Gasteiger partial charge in [0, 0.05) is 18.0 Å². The summed E-state index contributed by atoms with van der Waals surface area (Å²) in [6.07, 6.45) is 0. The minimum absolute atomic E-state index is 0.246. The van der Waals surface area contributed by atoms with Gasteiger partial charge in [0.2, 0.25) is 12.5 Å². The van der Waals surface area contributed by atoms with E-state index < -0.39 is 0 Å². The molecular weight excluding hydrogens is 298 g/mol. The Morgan fingerprint density at radius 3 is 2.95 bits per heavy atom. The van der Waals surface area contributed by atoms with Crippen LogP contribution in [0.2, 0.25) is 4.34 Å². The second-order valence-electron chi connectivity index (χ2n) is 4.34. The first-order chi connectivity index (χ1) is 9.76. The van der Waals surface area contributed by atoms with Crippen molar-refractivity contribution in [2.24, 2.45) is 0 Å². The molecule has 1 aliphatic rings. The van der Waals surface area contributed by atoms with Crippen LogP contribution in [-0.4, -0.2) is 13.9 Å². The molecule has 1 N–H and O–H groups in total. The number of nitrogens with one attached hydrogen (secondary N) is 1. The van der Waals surface area contributed by atoms with Crippen LogP contribution >= 0.6 is 22.9 Å². The number of rotatable bonds is 5. The van der Waals surface area contributed by atoms with Crippen molar-refractivity contribution in [3.63, 3.8) is 0 Å². The first-order valence-electron chi connectivity index (χ1n) is 6.17. The molecular formula is C14H14ClNO3S. The fourth-order valence-electron chi connectivity index (χ4n) is 2.06. The summed E-state index contributed by atoms with van der Waals surface area (Å²) in [6.45, 7) is 1.76. The van der Waals surface area contributed by atoms with Crippen LogP contribution in [0.3, 0.4) is 0 Å². The van der Waals surface area contributed by atoms with Crippen LogP contribution in [0.1, 0.15) is 10.4 Å². The Hall–Kier alpha value is -1.43. The first-order valence-corrected chi connectivity index (χ1v) is 7.37. The van der Waals surface area contributed by atoms with Crippen molar-refractivity contribution in [2.75, 3.05) is 13.9 Å². The molecule has 0 radical (unpaired) electrons. The molecule has 0 amide bonds. The van der Waals surface area contributed by atoms with Crippen molar-refractivity contribution in [3.05, 3.63) is 39.0 Å². The summed E-state index contributed by atoms with van der Waals surface area (Å²) >= 11 is 7.49. The van der Waals surface area contributed by atoms with Crippen molar-refractivity contribution >= 4 is 22.9 Å². The number of hydrogen-bond acceptors (Lipinski definition) is 5. The van der Waals surface area contributed by atoms with Crippen molar-refractivity contribution < 1.29 is 14.2 Å². The number of hydrogen-bond donors (Lipinski definition) is 1. The minimum atomic E-state index is 0.246. The monoisotopic (exact) mass is 311 g/mol. The molecule has 106 valence electrons. The van der Waals surface area contributed by atoms with E-state index in [0.717, 1.165) is 28.7 Å². The van der Waals surface area contributed by atoms with Gasteiger partial charge in [-0.15, -0.1) is 11.3 Å². The molecule has 0 spiro atoms. The maximum absolute atomic E-state index is 5.90. The molecule has 0 saturated carbocycles. The van der Waals surface area contributed by atoms with Crippen molar-refractivity contribution in [1.82, 2.24) is 5.32 Å². The number of methoxy groups -OCH3 is 1. The maximum atomic E-state index is 5.90. The van der Waals surface area contributed by atoms with E-state index in [-0.39, 0.29) is 6.79 Å². The maximum Gasteiger partial charge on any atom is 0.231 e. The molecule has 4 nitrogen and oxygen atoms in total. The van der Waals surface area contributed by atoms with Crippen molar-refractivity contribution in [2.45, 2.75) is 13.1 Å². The van der Waals surface area contributed by atoms with Gasteiger partial charge in [0.25, 0.3) is 0 Å². The second kappa shape index (κ2) is 5.91. The van der Waals surface area contributed by atoms with Gasteiger partial charge < -0.3 is 19.5 Å². The predicted molar refractivity (Wildman–Crippen MR) is 79.0 cm³/mol. The Morgan fingerprint density at radius 2 is 2.20 bits per heavy atom. The molecule has 3 rings (SSSR count). The Balaban J connectivity index is 1.65. The predicted octanol–water partition coefficient (Wildman–Crippen LogP) is 3.43. The van der Waals surface area contributed by atoms with Gasteiger partial charge in [0.15, 0.2) is 11.5 Å². The third-order valence-corrected chi connectivity index (χ3v) is 4.21. The zero-order valence-corrected chi connectivity index (χ0v) is 12.5. The normalized spacial score (nSPS) is 12.7. The number of ether oxygens (including phenoxy) is 3. The third kappa shape index (κ3) is 2.85. The zero-order chi connectivity index (χ0) is 13.9. The number of thiophene rings is 1. The standard InChI is InChI=1S/C14H14ClNO3S/c1-17-11-4-9(5-12-14(11)19-8-18-12)6-16-7-10-2-3-13(15)20-10/h2-5,16H,6-8H2,1H3. The van der Waals surface area contributed by atoms with E-state index >= 15 is 0 Å². The summed E-state index contributed by atoms with van der Waals surface area (Å²) in [5.74, 6) is 2.12. The van der Waals surface area contributed by atoms with Crippen LogP contribution in [0, 0.1) is 0 Å². The van der Waals surface area contributed by atoms with E-state index in [0.29, 0.717) is 11.5 Å². The zero-order valence-electron chi connectivity index (χ0n) is 10.9. The van der Waals surface area contributed by atoms with Crippen LogP contribution in [0.15, 0.2) is 24.3 Å². The van der Waals surface area contributed by atoms with E-state index in [1.165, 1.54) is 4.88 Å². The van der Waals surface area contributed by atoms with Gasteiger partial charge in [0.1, 0.15) is 0 Å². The van der Waals surface area contributed by atoms with E-state index in [2.05, 4.69) is 5.32 Å². The lowest BCUT2D eigenvalue weighted by molar-refractivity contribution is 0.171. The van der Waals surface area contributed by atoms with E-state index in [1.54, 1.807) is 18.4 Å². The lowest BCUT2D eigenvalue weighted by atomic mass is 10.2. The van der Waals surface area contributed by atoms with Gasteiger partial charge in [-0.3, -0.25) is 0 Å². The summed E-state index contributed by atoms with van der Waals surface area (Å²) < 4.78 is 16.9. The first kappa shape index (κ1) is 13.5. The highest BCUT2D eigenvalue weighted by atomic mass is 35.5. The lowest BCUT2D eigenvalue weighted by Crippen LogP contribution is -2.11. The fourth-order valence-corrected chi connectivity index (χ4v) is 3.12. The van der Waals surface area contributed by atoms with Crippen molar-refractivity contribution in [3.8, 4) is 17.2 Å². The Labute approximate surface area is 126 Å². The average molecular weight is 312 g/mol. The second-order valence-corrected chi connectivity index (χ2v) is 6.14. The van der Waals surface area contributed by atoms with Crippen LogP contribution in [0.5, 0.6) is 17.2 Å². The molecule has 0 bridgehead atoms. The van der Waals surface area contributed by atoms with Crippen LogP contribution < -0.4 is 19.5 Å². The van der Waals surface area contributed by atoms with Gasteiger partial charge in [0.05, 0.1) is 11.4 Å². The summed E-state index contributed by atoms with van der Waals surface area (Å²) in [7, 11) is 1.63. The molecule has 0 saturated heterocycles. The molecule has 1 aromatic heterocycles. The van der Waals surface area contributed by atoms with Crippen LogP contribution in [0.4, 0.5) is 0 Å². The highest BCUT2D eigenvalue weighted by Gasteiger charge is 2.19. The third-order valence-electron chi connectivity index (χ3n) is 2.98. The van der Waals surface area contributed by atoms with Crippen LogP contribution in [0.25, 0.3) is 0 Å². The highest BCUT2D eigenvalue weighted by molar-refractivity contribution is 7.16. The molecule has 0 fully saturated rings. The molecule has 6 heteroatoms.